The number of aromatic amines is 2. The van der Waals surface area contributed by atoms with Crippen molar-refractivity contribution in [3.63, 3.8) is 0 Å². The first kappa shape index (κ1) is 20.6. The van der Waals surface area contributed by atoms with Gasteiger partial charge in [0.2, 0.25) is 0 Å². The second-order valence-electron chi connectivity index (χ2n) is 5.98. The van der Waals surface area contributed by atoms with Gasteiger partial charge in [-0.3, -0.25) is 19.1 Å². The van der Waals surface area contributed by atoms with Crippen molar-refractivity contribution in [3.05, 3.63) is 62.7 Å². The number of imidazole rings is 1. The smallest absolute Gasteiger partial charge is 0.330 e. The normalized spacial score (nSPS) is 11.0. The van der Waals surface area contributed by atoms with Gasteiger partial charge in [0, 0.05) is 7.11 Å². The average Bonchev–Trinajstić information content (AvgIpc) is 3.15. The minimum Gasteiger partial charge on any atom is -0.384 e. The highest BCUT2D eigenvalue weighted by atomic mass is 32.2. The molecule has 2 aromatic heterocycles. The number of Topliss-reactive ketones (excluding diaryl/α,β-unsaturated/α-hetero) is 1. The van der Waals surface area contributed by atoms with Gasteiger partial charge in [-0.2, -0.15) is 0 Å². The maximum Gasteiger partial charge on any atom is 0.330 e. The summed E-state index contributed by atoms with van der Waals surface area (Å²) in [6, 6.07) is 5.87. The minimum atomic E-state index is -0.835. The molecule has 0 fully saturated rings. The second-order valence-corrected chi connectivity index (χ2v) is 6.95. The Kier molecular flexibility index (Phi) is 6.29. The van der Waals surface area contributed by atoms with Crippen molar-refractivity contribution >= 4 is 23.4 Å². The average molecular weight is 419 g/mol. The van der Waals surface area contributed by atoms with E-state index in [-0.39, 0.29) is 36.1 Å². The van der Waals surface area contributed by atoms with Gasteiger partial charge in [-0.05, 0) is 29.8 Å². The van der Waals surface area contributed by atoms with Crippen LogP contribution in [0.5, 0.6) is 0 Å². The van der Waals surface area contributed by atoms with Crippen molar-refractivity contribution in [1.29, 1.82) is 0 Å². The van der Waals surface area contributed by atoms with E-state index in [1.807, 2.05) is 0 Å². The largest absolute Gasteiger partial charge is 0.384 e. The lowest BCUT2D eigenvalue weighted by atomic mass is 10.2. The molecule has 0 aliphatic carbocycles. The van der Waals surface area contributed by atoms with E-state index in [0.29, 0.717) is 10.9 Å². The van der Waals surface area contributed by atoms with Gasteiger partial charge in [-0.25, -0.2) is 14.2 Å². The highest BCUT2D eigenvalue weighted by Gasteiger charge is 2.20. The van der Waals surface area contributed by atoms with E-state index in [1.165, 1.54) is 19.2 Å². The fourth-order valence-electron chi connectivity index (χ4n) is 2.62. The second kappa shape index (κ2) is 8.88. The Morgan fingerprint density at radius 2 is 2.00 bits per heavy atom. The van der Waals surface area contributed by atoms with Crippen LogP contribution in [0.2, 0.25) is 0 Å². The molecule has 0 bridgehead atoms. The molecule has 0 radical (unpaired) electrons. The van der Waals surface area contributed by atoms with Crippen molar-refractivity contribution in [2.45, 2.75) is 11.7 Å². The highest BCUT2D eigenvalue weighted by molar-refractivity contribution is 7.99. The lowest BCUT2D eigenvalue weighted by Crippen LogP contribution is -2.37. The topological polar surface area (TPSA) is 136 Å². The third-order valence-electron chi connectivity index (χ3n) is 4.09. The van der Waals surface area contributed by atoms with Gasteiger partial charge >= 0.3 is 5.69 Å². The van der Waals surface area contributed by atoms with Gasteiger partial charge in [-0.15, -0.1) is 0 Å². The number of nitrogen functional groups attached to an aromatic ring is 1. The van der Waals surface area contributed by atoms with Crippen molar-refractivity contribution in [2.75, 3.05) is 25.2 Å². The molecule has 29 heavy (non-hydrogen) atoms. The first-order chi connectivity index (χ1) is 13.9. The van der Waals surface area contributed by atoms with Gasteiger partial charge in [0.25, 0.3) is 5.56 Å². The third-order valence-corrected chi connectivity index (χ3v) is 4.97. The molecule has 9 nitrogen and oxygen atoms in total. The summed E-state index contributed by atoms with van der Waals surface area (Å²) >= 11 is 1.08. The van der Waals surface area contributed by atoms with Crippen molar-refractivity contribution in [3.8, 4) is 11.3 Å². The quantitative estimate of drug-likeness (QED) is 0.369. The number of benzene rings is 1. The number of thioether (sulfide) groups is 1. The van der Waals surface area contributed by atoms with Gasteiger partial charge in [-0.1, -0.05) is 11.8 Å². The van der Waals surface area contributed by atoms with Crippen molar-refractivity contribution < 1.29 is 13.9 Å². The van der Waals surface area contributed by atoms with Gasteiger partial charge in [0.15, 0.2) is 10.9 Å². The van der Waals surface area contributed by atoms with Crippen LogP contribution in [-0.2, 0) is 11.3 Å². The molecular weight excluding hydrogens is 401 g/mol. The van der Waals surface area contributed by atoms with E-state index in [0.717, 1.165) is 21.9 Å². The maximum atomic E-state index is 13.0. The first-order valence-corrected chi connectivity index (χ1v) is 9.47. The monoisotopic (exact) mass is 419 g/mol. The number of carbonyl (C=O) groups is 1. The SMILES string of the molecule is COCCn1c(N)c(C(=O)CSc2ncc(-c3ccc(F)cc3)[nH]2)c(=O)[nH]c1=O. The fraction of sp³-hybridized carbons (Fsp3) is 0.222. The number of ether oxygens (including phenoxy) is 1. The first-order valence-electron chi connectivity index (χ1n) is 8.49. The molecule has 0 unspecified atom stereocenters. The molecule has 3 aromatic rings. The lowest BCUT2D eigenvalue weighted by molar-refractivity contribution is 0.102. The number of rotatable bonds is 8. The lowest BCUT2D eigenvalue weighted by Gasteiger charge is -2.11. The van der Waals surface area contributed by atoms with E-state index >= 15 is 0 Å². The number of hydrogen-bond donors (Lipinski definition) is 3. The van der Waals surface area contributed by atoms with Crippen LogP contribution >= 0.6 is 11.8 Å². The van der Waals surface area contributed by atoms with Crippen molar-refractivity contribution in [2.24, 2.45) is 0 Å². The Morgan fingerprint density at radius 1 is 1.28 bits per heavy atom. The molecule has 0 aliphatic heterocycles. The summed E-state index contributed by atoms with van der Waals surface area (Å²) in [5.74, 6) is -1.21. The summed E-state index contributed by atoms with van der Waals surface area (Å²) in [6.45, 7) is 0.293. The minimum absolute atomic E-state index is 0.102. The standard InChI is InChI=1S/C18H18FN5O4S/c1-28-7-6-24-15(20)14(16(26)23-18(24)27)13(25)9-29-17-21-8-12(22-17)10-2-4-11(19)5-3-10/h2-5,8H,6-7,9,20H2,1H3,(H,21,22)(H,23,26,27). The van der Waals surface area contributed by atoms with E-state index in [2.05, 4.69) is 15.0 Å². The van der Waals surface area contributed by atoms with Gasteiger partial charge < -0.3 is 15.5 Å². The molecule has 0 saturated heterocycles. The van der Waals surface area contributed by atoms with Crippen LogP contribution in [0, 0.1) is 5.82 Å². The molecule has 11 heteroatoms. The van der Waals surface area contributed by atoms with Crippen LogP contribution in [0.3, 0.4) is 0 Å². The molecule has 4 N–H and O–H groups in total. The van der Waals surface area contributed by atoms with Crippen LogP contribution < -0.4 is 17.0 Å². The van der Waals surface area contributed by atoms with Gasteiger partial charge in [0.05, 0.1) is 30.8 Å². The number of H-pyrrole nitrogens is 2. The van der Waals surface area contributed by atoms with Gasteiger partial charge in [0.1, 0.15) is 17.2 Å². The summed E-state index contributed by atoms with van der Waals surface area (Å²) in [5.41, 5.74) is 5.47. The zero-order valence-electron chi connectivity index (χ0n) is 15.4. The fourth-order valence-corrected chi connectivity index (χ4v) is 3.34. The Bertz CT molecular complexity index is 1140. The number of nitrogens with two attached hydrogens (primary N) is 1. The van der Waals surface area contributed by atoms with E-state index < -0.39 is 17.0 Å². The number of methoxy groups -OCH3 is 1. The zero-order chi connectivity index (χ0) is 21.0. The van der Waals surface area contributed by atoms with Crippen LogP contribution in [-0.4, -0.2) is 44.8 Å². The zero-order valence-corrected chi connectivity index (χ0v) is 16.2. The third kappa shape index (κ3) is 4.63. The number of nitrogens with zero attached hydrogens (tertiary/aromatic N) is 2. The summed E-state index contributed by atoms with van der Waals surface area (Å²) in [6.07, 6.45) is 1.56. The molecule has 0 atom stereocenters. The van der Waals surface area contributed by atoms with Crippen LogP contribution in [0.4, 0.5) is 10.2 Å². The summed E-state index contributed by atoms with van der Waals surface area (Å²) in [4.78, 5) is 45.8. The number of aromatic nitrogens is 4. The number of halogens is 1. The van der Waals surface area contributed by atoms with Crippen LogP contribution in [0.1, 0.15) is 10.4 Å². The Hall–Kier alpha value is -3.18. The molecule has 0 amide bonds. The summed E-state index contributed by atoms with van der Waals surface area (Å²) < 4.78 is 19.0. The number of hydrogen-bond acceptors (Lipinski definition) is 7. The van der Waals surface area contributed by atoms with Crippen LogP contribution in [0.15, 0.2) is 45.2 Å². The number of anilines is 1. The predicted octanol–water partition coefficient (Wildman–Crippen LogP) is 1.27. The molecule has 152 valence electrons. The maximum absolute atomic E-state index is 13.0. The highest BCUT2D eigenvalue weighted by Crippen LogP contribution is 2.22. The molecule has 1 aromatic carbocycles. The van der Waals surface area contributed by atoms with E-state index in [1.54, 1.807) is 18.3 Å². The van der Waals surface area contributed by atoms with Crippen LogP contribution in [0.25, 0.3) is 11.3 Å². The molecule has 0 spiro atoms. The Morgan fingerprint density at radius 3 is 2.69 bits per heavy atom. The predicted molar refractivity (Wildman–Crippen MR) is 107 cm³/mol. The molecular formula is C18H18FN5O4S. The molecule has 0 saturated carbocycles. The summed E-state index contributed by atoms with van der Waals surface area (Å²) in [7, 11) is 1.46. The Labute approximate surface area is 168 Å². The number of carbonyl (C=O) groups excluding carboxylic acids is 1. The number of ketones is 1. The Balaban J connectivity index is 1.75. The summed E-state index contributed by atoms with van der Waals surface area (Å²) in [5, 5.41) is 0.445. The molecule has 0 aliphatic rings. The number of nitrogens with one attached hydrogen (secondary N) is 2. The van der Waals surface area contributed by atoms with E-state index in [4.69, 9.17) is 10.5 Å². The molecule has 3 rings (SSSR count). The van der Waals surface area contributed by atoms with Crippen molar-refractivity contribution in [1.82, 2.24) is 19.5 Å². The van der Waals surface area contributed by atoms with E-state index in [9.17, 15) is 18.8 Å². The molecule has 2 heterocycles.